The second kappa shape index (κ2) is 7.31. The van der Waals surface area contributed by atoms with E-state index in [9.17, 15) is 14.0 Å². The smallest absolute Gasteiger partial charge is 0.409 e. The van der Waals surface area contributed by atoms with E-state index in [4.69, 9.17) is 16.3 Å². The Morgan fingerprint density at radius 1 is 1.27 bits per heavy atom. The number of halogens is 2. The van der Waals surface area contributed by atoms with Crippen LogP contribution in [0, 0.1) is 5.82 Å². The number of urea groups is 1. The maximum atomic E-state index is 13.0. The fourth-order valence-corrected chi connectivity index (χ4v) is 2.31. The summed E-state index contributed by atoms with van der Waals surface area (Å²) in [5.74, 6) is -0.467. The zero-order valence-corrected chi connectivity index (χ0v) is 12.9. The van der Waals surface area contributed by atoms with Crippen molar-refractivity contribution in [2.75, 3.05) is 38.1 Å². The number of carbonyl (C=O) groups is 2. The summed E-state index contributed by atoms with van der Waals surface area (Å²) in [6.45, 7) is 3.66. The Hall–Kier alpha value is -2.02. The monoisotopic (exact) mass is 329 g/mol. The van der Waals surface area contributed by atoms with E-state index in [2.05, 4.69) is 5.32 Å². The summed E-state index contributed by atoms with van der Waals surface area (Å²) in [6, 6.07) is 3.43. The van der Waals surface area contributed by atoms with E-state index in [1.165, 1.54) is 12.1 Å². The van der Waals surface area contributed by atoms with Crippen LogP contribution in [-0.2, 0) is 4.74 Å². The molecule has 3 amide bonds. The number of hydrogen-bond acceptors (Lipinski definition) is 3. The third kappa shape index (κ3) is 4.00. The van der Waals surface area contributed by atoms with Gasteiger partial charge in [-0.3, -0.25) is 0 Å². The molecule has 0 radical (unpaired) electrons. The van der Waals surface area contributed by atoms with Gasteiger partial charge in [0.1, 0.15) is 5.82 Å². The molecule has 120 valence electrons. The normalized spacial score (nSPS) is 14.7. The molecule has 1 saturated heterocycles. The Kier molecular flexibility index (Phi) is 5.43. The van der Waals surface area contributed by atoms with Crippen molar-refractivity contribution in [2.45, 2.75) is 6.92 Å². The summed E-state index contributed by atoms with van der Waals surface area (Å²) >= 11 is 5.87. The topological polar surface area (TPSA) is 61.9 Å². The lowest BCUT2D eigenvalue weighted by atomic mass is 10.3. The van der Waals surface area contributed by atoms with Crippen LogP contribution < -0.4 is 5.32 Å². The lowest BCUT2D eigenvalue weighted by Gasteiger charge is -2.34. The average molecular weight is 330 g/mol. The molecular weight excluding hydrogens is 313 g/mol. The molecule has 0 bridgehead atoms. The molecule has 0 atom stereocenters. The maximum Gasteiger partial charge on any atom is 0.409 e. The van der Waals surface area contributed by atoms with Crippen LogP contribution >= 0.6 is 11.6 Å². The largest absolute Gasteiger partial charge is 0.450 e. The molecule has 6 nitrogen and oxygen atoms in total. The van der Waals surface area contributed by atoms with Crippen LogP contribution in [0.3, 0.4) is 0 Å². The van der Waals surface area contributed by atoms with Gasteiger partial charge >= 0.3 is 12.1 Å². The van der Waals surface area contributed by atoms with Gasteiger partial charge in [0.25, 0.3) is 0 Å². The fraction of sp³-hybridized carbons (Fsp3) is 0.429. The first-order chi connectivity index (χ1) is 10.5. The number of rotatable bonds is 2. The molecule has 1 aliphatic rings. The van der Waals surface area contributed by atoms with E-state index in [1.807, 2.05) is 0 Å². The molecule has 8 heteroatoms. The highest BCUT2D eigenvalue weighted by Gasteiger charge is 2.25. The van der Waals surface area contributed by atoms with Crippen molar-refractivity contribution in [1.29, 1.82) is 0 Å². The van der Waals surface area contributed by atoms with E-state index in [0.29, 0.717) is 38.5 Å². The molecule has 1 aromatic rings. The van der Waals surface area contributed by atoms with Crippen molar-refractivity contribution >= 4 is 29.4 Å². The van der Waals surface area contributed by atoms with Crippen LogP contribution in [0.5, 0.6) is 0 Å². The number of benzene rings is 1. The highest BCUT2D eigenvalue weighted by Crippen LogP contribution is 2.22. The Morgan fingerprint density at radius 3 is 2.50 bits per heavy atom. The fourth-order valence-electron chi connectivity index (χ4n) is 2.09. The predicted molar refractivity (Wildman–Crippen MR) is 80.6 cm³/mol. The van der Waals surface area contributed by atoms with Crippen LogP contribution in [0.25, 0.3) is 0 Å². The number of ether oxygens (including phenoxy) is 1. The van der Waals surface area contributed by atoms with Gasteiger partial charge in [-0.15, -0.1) is 0 Å². The van der Waals surface area contributed by atoms with Gasteiger partial charge in [-0.05, 0) is 25.1 Å². The summed E-state index contributed by atoms with van der Waals surface area (Å²) in [5.41, 5.74) is 0.348. The Morgan fingerprint density at radius 2 is 1.91 bits per heavy atom. The van der Waals surface area contributed by atoms with E-state index < -0.39 is 5.82 Å². The van der Waals surface area contributed by atoms with Gasteiger partial charge in [-0.2, -0.15) is 0 Å². The van der Waals surface area contributed by atoms with Crippen LogP contribution in [0.2, 0.25) is 5.02 Å². The van der Waals surface area contributed by atoms with E-state index in [-0.39, 0.29) is 17.1 Å². The van der Waals surface area contributed by atoms with Crippen LogP contribution in [0.15, 0.2) is 18.2 Å². The number of amides is 3. The molecule has 0 aliphatic carbocycles. The van der Waals surface area contributed by atoms with Gasteiger partial charge in [-0.25, -0.2) is 14.0 Å². The van der Waals surface area contributed by atoms with Crippen LogP contribution in [0.4, 0.5) is 19.7 Å². The quantitative estimate of drug-likeness (QED) is 0.907. The maximum absolute atomic E-state index is 13.0. The van der Waals surface area contributed by atoms with Gasteiger partial charge in [0, 0.05) is 26.2 Å². The van der Waals surface area contributed by atoms with E-state index in [0.717, 1.165) is 6.07 Å². The zero-order valence-electron chi connectivity index (χ0n) is 12.1. The van der Waals surface area contributed by atoms with Crippen molar-refractivity contribution in [1.82, 2.24) is 9.80 Å². The van der Waals surface area contributed by atoms with Crippen molar-refractivity contribution in [2.24, 2.45) is 0 Å². The van der Waals surface area contributed by atoms with Crippen LogP contribution in [0.1, 0.15) is 6.92 Å². The first-order valence-corrected chi connectivity index (χ1v) is 7.31. The van der Waals surface area contributed by atoms with Gasteiger partial charge in [0.15, 0.2) is 0 Å². The zero-order chi connectivity index (χ0) is 16.1. The second-order valence-corrected chi connectivity index (χ2v) is 5.13. The number of nitrogens with zero attached hydrogens (tertiary/aromatic N) is 2. The molecule has 0 aromatic heterocycles. The van der Waals surface area contributed by atoms with Gasteiger partial charge in [0.05, 0.1) is 17.3 Å². The van der Waals surface area contributed by atoms with Gasteiger partial charge < -0.3 is 19.9 Å². The summed E-state index contributed by atoms with van der Waals surface area (Å²) in [5, 5.41) is 2.77. The molecule has 1 N–H and O–H groups in total. The van der Waals surface area contributed by atoms with Crippen molar-refractivity contribution in [3.05, 3.63) is 29.0 Å². The third-order valence-electron chi connectivity index (χ3n) is 3.27. The molecule has 1 aliphatic heterocycles. The highest BCUT2D eigenvalue weighted by molar-refractivity contribution is 6.33. The van der Waals surface area contributed by atoms with Crippen molar-refractivity contribution in [3.63, 3.8) is 0 Å². The Labute approximate surface area is 132 Å². The molecular formula is C14H17ClFN3O3. The Bertz CT molecular complexity index is 562. The van der Waals surface area contributed by atoms with Gasteiger partial charge in [-0.1, -0.05) is 11.6 Å². The first-order valence-electron chi connectivity index (χ1n) is 6.94. The minimum absolute atomic E-state index is 0.138. The number of piperazine rings is 1. The minimum atomic E-state index is -0.467. The lowest BCUT2D eigenvalue weighted by Crippen LogP contribution is -2.51. The molecule has 1 heterocycles. The highest BCUT2D eigenvalue weighted by atomic mass is 35.5. The first kappa shape index (κ1) is 16.4. The van der Waals surface area contributed by atoms with Crippen molar-refractivity contribution in [3.8, 4) is 0 Å². The molecule has 0 spiro atoms. The second-order valence-electron chi connectivity index (χ2n) is 4.73. The molecule has 0 saturated carbocycles. The molecule has 1 fully saturated rings. The molecule has 2 rings (SSSR count). The number of carbonyl (C=O) groups excluding carboxylic acids is 2. The molecule has 22 heavy (non-hydrogen) atoms. The average Bonchev–Trinajstić information content (AvgIpc) is 2.50. The standard InChI is InChI=1S/C14H17ClFN3O3/c1-2-22-14(21)19-7-5-18(6-8-19)13(20)17-12-4-3-10(16)9-11(12)15/h3-4,9H,2,5-8H2,1H3,(H,17,20). The summed E-state index contributed by atoms with van der Waals surface area (Å²) < 4.78 is 17.9. The lowest BCUT2D eigenvalue weighted by molar-refractivity contribution is 0.0869. The Balaban J connectivity index is 1.88. The van der Waals surface area contributed by atoms with E-state index >= 15 is 0 Å². The minimum Gasteiger partial charge on any atom is -0.450 e. The SMILES string of the molecule is CCOC(=O)N1CCN(C(=O)Nc2ccc(F)cc2Cl)CC1. The number of nitrogens with one attached hydrogen (secondary N) is 1. The molecule has 0 unspecified atom stereocenters. The third-order valence-corrected chi connectivity index (χ3v) is 3.58. The number of hydrogen-bond donors (Lipinski definition) is 1. The summed E-state index contributed by atoms with van der Waals surface area (Å²) in [4.78, 5) is 26.8. The van der Waals surface area contributed by atoms with Crippen molar-refractivity contribution < 1.29 is 18.7 Å². The van der Waals surface area contributed by atoms with E-state index in [1.54, 1.807) is 16.7 Å². The molecule has 1 aromatic carbocycles. The predicted octanol–water partition coefficient (Wildman–Crippen LogP) is 2.79. The summed E-state index contributed by atoms with van der Waals surface area (Å²) in [7, 11) is 0. The van der Waals surface area contributed by atoms with Crippen LogP contribution in [-0.4, -0.2) is 54.7 Å². The number of anilines is 1. The van der Waals surface area contributed by atoms with Gasteiger partial charge in [0.2, 0.25) is 0 Å². The summed E-state index contributed by atoms with van der Waals surface area (Å²) in [6.07, 6.45) is -0.371.